The summed E-state index contributed by atoms with van der Waals surface area (Å²) in [6, 6.07) is 38.6. The van der Waals surface area contributed by atoms with Gasteiger partial charge < -0.3 is 0 Å². The third-order valence-corrected chi connectivity index (χ3v) is 12.3. The molecule has 226 valence electrons. The first kappa shape index (κ1) is 27.0. The van der Waals surface area contributed by atoms with Crippen LogP contribution in [0.15, 0.2) is 97.1 Å². The van der Waals surface area contributed by atoms with E-state index in [1.54, 1.807) is 5.39 Å². The second-order valence-electron chi connectivity index (χ2n) is 14.8. The van der Waals surface area contributed by atoms with Crippen LogP contribution in [0.2, 0.25) is 0 Å². The number of aryl methyl sites for hydroxylation is 2. The van der Waals surface area contributed by atoms with Gasteiger partial charge in [-0.1, -0.05) is 136 Å². The Balaban J connectivity index is 1.29. The predicted molar refractivity (Wildman–Crippen MR) is 196 cm³/mol. The van der Waals surface area contributed by atoms with Crippen molar-refractivity contribution < 1.29 is 0 Å². The van der Waals surface area contributed by atoms with Crippen LogP contribution in [-0.2, 0) is 12.8 Å². The molecule has 2 saturated carbocycles. The Morgan fingerprint density at radius 2 is 0.870 bits per heavy atom. The van der Waals surface area contributed by atoms with Gasteiger partial charge in [0, 0.05) is 0 Å². The molecule has 0 aromatic heterocycles. The fourth-order valence-electron chi connectivity index (χ4n) is 10.1. The summed E-state index contributed by atoms with van der Waals surface area (Å²) in [5.41, 5.74) is 17.6. The second kappa shape index (κ2) is 10.7. The van der Waals surface area contributed by atoms with Gasteiger partial charge in [-0.05, 0) is 139 Å². The quantitative estimate of drug-likeness (QED) is 0.190. The van der Waals surface area contributed by atoms with E-state index in [4.69, 9.17) is 0 Å². The summed E-state index contributed by atoms with van der Waals surface area (Å²) in [6.45, 7) is 0. The van der Waals surface area contributed by atoms with Gasteiger partial charge in [-0.15, -0.1) is 0 Å². The molecule has 0 heterocycles. The lowest BCUT2D eigenvalue weighted by molar-refractivity contribution is 0.444. The zero-order valence-corrected chi connectivity index (χ0v) is 26.9. The molecular formula is C46H42. The fraction of sp³-hybridized carbons (Fsp3) is 0.304. The molecule has 0 saturated heterocycles. The van der Waals surface area contributed by atoms with E-state index in [1.165, 1.54) is 160 Å². The van der Waals surface area contributed by atoms with Gasteiger partial charge in [-0.3, -0.25) is 0 Å². The summed E-state index contributed by atoms with van der Waals surface area (Å²) in [7, 11) is 0. The molecule has 0 heteroatoms. The first-order valence-electron chi connectivity index (χ1n) is 18.2. The maximum atomic E-state index is 2.57. The molecule has 0 amide bonds. The molecule has 0 nitrogen and oxygen atoms in total. The Morgan fingerprint density at radius 3 is 1.35 bits per heavy atom. The van der Waals surface area contributed by atoms with E-state index in [0.717, 1.165) is 0 Å². The number of hydrogen-bond donors (Lipinski definition) is 0. The van der Waals surface area contributed by atoms with Gasteiger partial charge in [-0.2, -0.15) is 0 Å². The van der Waals surface area contributed by atoms with Gasteiger partial charge in [-0.25, -0.2) is 0 Å². The monoisotopic (exact) mass is 594 g/mol. The van der Waals surface area contributed by atoms with Crippen LogP contribution in [0.5, 0.6) is 0 Å². The fourth-order valence-corrected chi connectivity index (χ4v) is 10.1. The van der Waals surface area contributed by atoms with Crippen molar-refractivity contribution in [3.63, 3.8) is 0 Å². The predicted octanol–water partition coefficient (Wildman–Crippen LogP) is 13.2. The Morgan fingerprint density at radius 1 is 0.391 bits per heavy atom. The minimum Gasteiger partial charge on any atom is -0.0616 e. The van der Waals surface area contributed by atoms with Crippen LogP contribution >= 0.6 is 0 Å². The van der Waals surface area contributed by atoms with Crippen molar-refractivity contribution in [1.82, 2.24) is 0 Å². The third-order valence-electron chi connectivity index (χ3n) is 12.3. The number of rotatable bonds is 4. The third kappa shape index (κ3) is 4.05. The highest BCUT2D eigenvalue weighted by Crippen LogP contribution is 2.59. The van der Waals surface area contributed by atoms with Crippen LogP contribution in [0.3, 0.4) is 0 Å². The highest BCUT2D eigenvalue weighted by atomic mass is 14.4. The molecule has 10 rings (SSSR count). The van der Waals surface area contributed by atoms with E-state index < -0.39 is 0 Å². The molecule has 0 bridgehead atoms. The van der Waals surface area contributed by atoms with Crippen LogP contribution < -0.4 is 0 Å². The van der Waals surface area contributed by atoms with Crippen molar-refractivity contribution in [3.05, 3.63) is 119 Å². The molecule has 0 radical (unpaired) electrons. The van der Waals surface area contributed by atoms with E-state index >= 15 is 0 Å². The lowest BCUT2D eigenvalue weighted by atomic mass is 9.79. The van der Waals surface area contributed by atoms with E-state index in [-0.39, 0.29) is 0 Å². The zero-order valence-electron chi connectivity index (χ0n) is 26.9. The number of hydrogen-bond acceptors (Lipinski definition) is 0. The van der Waals surface area contributed by atoms with Gasteiger partial charge in [0.05, 0.1) is 0 Å². The van der Waals surface area contributed by atoms with E-state index in [0.29, 0.717) is 11.8 Å². The van der Waals surface area contributed by atoms with Crippen molar-refractivity contribution in [3.8, 4) is 44.5 Å². The lowest BCUT2D eigenvalue weighted by Gasteiger charge is -2.25. The minimum absolute atomic E-state index is 0.690. The van der Waals surface area contributed by atoms with Crippen molar-refractivity contribution in [1.29, 1.82) is 0 Å². The van der Waals surface area contributed by atoms with Gasteiger partial charge in [0.15, 0.2) is 0 Å². The SMILES string of the molecule is c1cc(-c2c3c(c(-c4cccc(C5CCCCC5)c4)c4ccccc24)-c2ccc4c5c(ccc-3c25)CC4)cc(C2CCCCC2)c1. The van der Waals surface area contributed by atoms with Crippen LogP contribution in [0.1, 0.15) is 98.3 Å². The number of benzene rings is 6. The lowest BCUT2D eigenvalue weighted by Crippen LogP contribution is -2.05. The zero-order chi connectivity index (χ0) is 30.2. The normalized spacial score (nSPS) is 17.7. The molecule has 6 aromatic rings. The molecule has 0 aliphatic heterocycles. The molecule has 46 heavy (non-hydrogen) atoms. The largest absolute Gasteiger partial charge is 0.0616 e. The van der Waals surface area contributed by atoms with Crippen molar-refractivity contribution in [2.75, 3.05) is 0 Å². The number of fused-ring (bicyclic) bond motifs is 4. The molecule has 2 fully saturated rings. The van der Waals surface area contributed by atoms with Gasteiger partial charge >= 0.3 is 0 Å². The smallest absolute Gasteiger partial charge is 0.000741 e. The van der Waals surface area contributed by atoms with Crippen molar-refractivity contribution in [2.24, 2.45) is 0 Å². The summed E-state index contributed by atoms with van der Waals surface area (Å²) in [6.07, 6.45) is 15.9. The highest BCUT2D eigenvalue weighted by Gasteiger charge is 2.33. The van der Waals surface area contributed by atoms with Gasteiger partial charge in [0.1, 0.15) is 0 Å². The first-order chi connectivity index (χ1) is 22.8. The Hall–Kier alpha value is -4.16. The summed E-state index contributed by atoms with van der Waals surface area (Å²) < 4.78 is 0. The summed E-state index contributed by atoms with van der Waals surface area (Å²) in [4.78, 5) is 0. The van der Waals surface area contributed by atoms with Crippen molar-refractivity contribution >= 4 is 21.5 Å². The van der Waals surface area contributed by atoms with Gasteiger partial charge in [0.2, 0.25) is 0 Å². The van der Waals surface area contributed by atoms with E-state index in [9.17, 15) is 0 Å². The highest BCUT2D eigenvalue weighted by molar-refractivity contribution is 6.28. The molecule has 0 N–H and O–H groups in total. The van der Waals surface area contributed by atoms with Crippen LogP contribution in [0.25, 0.3) is 66.1 Å². The summed E-state index contributed by atoms with van der Waals surface area (Å²) >= 11 is 0. The Labute approximate surface area is 273 Å². The molecule has 0 unspecified atom stereocenters. The maximum Gasteiger partial charge on any atom is -0.000741 e. The molecule has 0 spiro atoms. The standard InChI is InChI=1S/C46H42/c1-3-11-29(12-4-1)33-15-9-17-35(27-33)42-37-19-7-8-20-38(37)43(36-18-10-16-34(28-36)30-13-5-2-6-14-30)46-40-26-24-32-22-21-31-23-25-39(45(42)46)44(40)41(31)32/h7-10,15-20,23-30H,1-6,11-14,21-22H2. The van der Waals surface area contributed by atoms with E-state index in [1.807, 2.05) is 0 Å². The average Bonchev–Trinajstić information content (AvgIpc) is 3.70. The van der Waals surface area contributed by atoms with Crippen LogP contribution in [0, 0.1) is 0 Å². The van der Waals surface area contributed by atoms with Crippen LogP contribution in [0.4, 0.5) is 0 Å². The first-order valence-corrected chi connectivity index (χ1v) is 18.2. The minimum atomic E-state index is 0.690. The van der Waals surface area contributed by atoms with Gasteiger partial charge in [0.25, 0.3) is 0 Å². The Bertz CT molecular complexity index is 2020. The summed E-state index contributed by atoms with van der Waals surface area (Å²) in [5.74, 6) is 1.38. The molecule has 0 atom stereocenters. The topological polar surface area (TPSA) is 0 Å². The van der Waals surface area contributed by atoms with Crippen molar-refractivity contribution in [2.45, 2.75) is 88.9 Å². The average molecular weight is 595 g/mol. The molecule has 6 aromatic carbocycles. The molecule has 4 aliphatic carbocycles. The molecular weight excluding hydrogens is 553 g/mol. The maximum absolute atomic E-state index is 2.57. The summed E-state index contributed by atoms with van der Waals surface area (Å²) in [5, 5.41) is 5.83. The van der Waals surface area contributed by atoms with Crippen LogP contribution in [-0.4, -0.2) is 0 Å². The second-order valence-corrected chi connectivity index (χ2v) is 14.8. The Kier molecular flexibility index (Phi) is 6.28. The van der Waals surface area contributed by atoms with E-state index in [2.05, 4.69) is 97.1 Å². The molecule has 4 aliphatic rings.